The van der Waals surface area contributed by atoms with E-state index < -0.39 is 9.84 Å². The molecule has 158 valence electrons. The summed E-state index contributed by atoms with van der Waals surface area (Å²) in [4.78, 5) is 14.6. The summed E-state index contributed by atoms with van der Waals surface area (Å²) in [5.74, 6) is 6.88. The zero-order chi connectivity index (χ0) is 21.2. The predicted molar refractivity (Wildman–Crippen MR) is 115 cm³/mol. The van der Waals surface area contributed by atoms with E-state index in [-0.39, 0.29) is 35.1 Å². The van der Waals surface area contributed by atoms with Gasteiger partial charge in [0, 0.05) is 18.2 Å². The van der Waals surface area contributed by atoms with Crippen LogP contribution in [-0.4, -0.2) is 63.9 Å². The van der Waals surface area contributed by atoms with Crippen LogP contribution in [0.4, 0.5) is 0 Å². The van der Waals surface area contributed by atoms with Crippen LogP contribution in [0, 0.1) is 5.92 Å². The quantitative estimate of drug-likeness (QED) is 0.500. The van der Waals surface area contributed by atoms with E-state index in [1.165, 1.54) is 16.4 Å². The molecule has 1 unspecified atom stereocenters. The second kappa shape index (κ2) is 8.93. The number of carbonyl (C=O) groups excluding carboxylic acids is 1. The highest BCUT2D eigenvalue weighted by molar-refractivity contribution is 7.99. The molecule has 1 amide bonds. The van der Waals surface area contributed by atoms with Gasteiger partial charge >= 0.3 is 0 Å². The SMILES string of the molecule is CC(C)CN(C(=O)CSc1nnc(-c2ccccc2Cl)n1N)C1CCS(=O)(=O)C1. The first-order chi connectivity index (χ1) is 13.7. The van der Waals surface area contributed by atoms with Gasteiger partial charge in [0.05, 0.1) is 22.3 Å². The number of benzene rings is 1. The van der Waals surface area contributed by atoms with Crippen molar-refractivity contribution in [3.63, 3.8) is 0 Å². The molecular weight excluding hydrogens is 434 g/mol. The minimum atomic E-state index is -3.07. The van der Waals surface area contributed by atoms with Crippen molar-refractivity contribution in [2.24, 2.45) is 5.92 Å². The van der Waals surface area contributed by atoms with E-state index in [4.69, 9.17) is 17.4 Å². The number of thioether (sulfide) groups is 1. The summed E-state index contributed by atoms with van der Waals surface area (Å²) >= 11 is 7.37. The van der Waals surface area contributed by atoms with E-state index >= 15 is 0 Å². The van der Waals surface area contributed by atoms with Gasteiger partial charge in [-0.3, -0.25) is 4.79 Å². The van der Waals surface area contributed by atoms with Crippen molar-refractivity contribution in [1.29, 1.82) is 0 Å². The Morgan fingerprint density at radius 1 is 1.38 bits per heavy atom. The van der Waals surface area contributed by atoms with Crippen molar-refractivity contribution >= 4 is 39.1 Å². The largest absolute Gasteiger partial charge is 0.338 e. The molecule has 0 aliphatic carbocycles. The molecule has 1 aliphatic rings. The summed E-state index contributed by atoms with van der Waals surface area (Å²) in [6, 6.07) is 6.89. The van der Waals surface area contributed by atoms with E-state index in [2.05, 4.69) is 10.2 Å². The summed E-state index contributed by atoms with van der Waals surface area (Å²) in [5, 5.41) is 9.06. The maximum atomic E-state index is 12.9. The summed E-state index contributed by atoms with van der Waals surface area (Å²) < 4.78 is 25.0. The number of carbonyl (C=O) groups is 1. The Bertz CT molecular complexity index is 993. The molecule has 1 saturated heterocycles. The van der Waals surface area contributed by atoms with Gasteiger partial charge < -0.3 is 10.7 Å². The van der Waals surface area contributed by atoms with Crippen molar-refractivity contribution in [2.75, 3.05) is 29.6 Å². The lowest BCUT2D eigenvalue weighted by Crippen LogP contribution is -2.44. The summed E-state index contributed by atoms with van der Waals surface area (Å²) in [7, 11) is -3.07. The molecule has 1 fully saturated rings. The fraction of sp³-hybridized carbons (Fsp3) is 0.500. The van der Waals surface area contributed by atoms with Gasteiger partial charge in [0.25, 0.3) is 0 Å². The number of sulfone groups is 1. The number of rotatable bonds is 7. The van der Waals surface area contributed by atoms with Gasteiger partial charge in [0.2, 0.25) is 11.1 Å². The van der Waals surface area contributed by atoms with Crippen LogP contribution in [0.5, 0.6) is 0 Å². The molecule has 1 aromatic carbocycles. The number of nitrogens with zero attached hydrogens (tertiary/aromatic N) is 4. The third-order valence-corrected chi connectivity index (χ3v) is 7.64. The average Bonchev–Trinajstić information content (AvgIpc) is 3.20. The zero-order valence-electron chi connectivity index (χ0n) is 16.3. The molecule has 1 atom stereocenters. The lowest BCUT2D eigenvalue weighted by Gasteiger charge is -2.29. The predicted octanol–water partition coefficient (Wildman–Crippen LogP) is 2.08. The van der Waals surface area contributed by atoms with Crippen molar-refractivity contribution in [2.45, 2.75) is 31.5 Å². The molecule has 29 heavy (non-hydrogen) atoms. The number of hydrogen-bond acceptors (Lipinski definition) is 7. The average molecular weight is 458 g/mol. The second-order valence-corrected chi connectivity index (χ2v) is 11.0. The standard InChI is InChI=1S/C18H24ClN5O3S2/c1-12(2)9-23(13-7-8-29(26,27)11-13)16(25)10-28-18-22-21-17(24(18)20)14-5-3-4-6-15(14)19/h3-6,12-13H,7-11,20H2,1-2H3. The Morgan fingerprint density at radius 2 is 2.10 bits per heavy atom. The lowest BCUT2D eigenvalue weighted by atomic mass is 10.1. The normalized spacial score (nSPS) is 18.3. The Balaban J connectivity index is 1.71. The van der Waals surface area contributed by atoms with Crippen LogP contribution in [0.1, 0.15) is 20.3 Å². The zero-order valence-corrected chi connectivity index (χ0v) is 18.7. The molecule has 2 aromatic rings. The molecule has 2 N–H and O–H groups in total. The number of amides is 1. The number of hydrogen-bond donors (Lipinski definition) is 1. The van der Waals surface area contributed by atoms with Crippen LogP contribution < -0.4 is 5.84 Å². The first kappa shape index (κ1) is 21.9. The van der Waals surface area contributed by atoms with Gasteiger partial charge in [-0.1, -0.05) is 49.3 Å². The summed E-state index contributed by atoms with van der Waals surface area (Å²) in [6.45, 7) is 4.52. The number of aromatic nitrogens is 3. The first-order valence-electron chi connectivity index (χ1n) is 9.26. The maximum absolute atomic E-state index is 12.9. The van der Waals surface area contributed by atoms with Crippen LogP contribution in [-0.2, 0) is 14.6 Å². The molecule has 0 radical (unpaired) electrons. The van der Waals surface area contributed by atoms with E-state index in [1.807, 2.05) is 26.0 Å². The van der Waals surface area contributed by atoms with Crippen LogP contribution in [0.2, 0.25) is 5.02 Å². The molecule has 8 nitrogen and oxygen atoms in total. The van der Waals surface area contributed by atoms with Crippen molar-refractivity contribution in [3.8, 4) is 11.4 Å². The molecule has 0 bridgehead atoms. The smallest absolute Gasteiger partial charge is 0.233 e. The number of nitrogen functional groups attached to an aromatic ring is 1. The molecule has 3 rings (SSSR count). The third-order valence-electron chi connectivity index (χ3n) is 4.64. The van der Waals surface area contributed by atoms with Gasteiger partial charge in [-0.25, -0.2) is 13.1 Å². The Labute approximate surface area is 179 Å². The first-order valence-corrected chi connectivity index (χ1v) is 12.4. The molecule has 11 heteroatoms. The molecule has 0 spiro atoms. The van der Waals surface area contributed by atoms with Crippen LogP contribution in [0.3, 0.4) is 0 Å². The third kappa shape index (κ3) is 5.23. The Morgan fingerprint density at radius 3 is 2.72 bits per heavy atom. The van der Waals surface area contributed by atoms with Crippen LogP contribution in [0.25, 0.3) is 11.4 Å². The molecule has 2 heterocycles. The molecule has 1 aliphatic heterocycles. The van der Waals surface area contributed by atoms with Gasteiger partial charge in [0.1, 0.15) is 0 Å². The highest BCUT2D eigenvalue weighted by Gasteiger charge is 2.35. The van der Waals surface area contributed by atoms with Gasteiger partial charge in [-0.2, -0.15) is 0 Å². The monoisotopic (exact) mass is 457 g/mol. The number of halogens is 1. The topological polar surface area (TPSA) is 111 Å². The van der Waals surface area contributed by atoms with E-state index in [0.29, 0.717) is 34.5 Å². The van der Waals surface area contributed by atoms with Crippen LogP contribution in [0.15, 0.2) is 29.4 Å². The Hall–Kier alpha value is -1.78. The van der Waals surface area contributed by atoms with Gasteiger partial charge in [0.15, 0.2) is 15.7 Å². The Kier molecular flexibility index (Phi) is 6.75. The number of nitrogens with two attached hydrogens (primary N) is 1. The summed E-state index contributed by atoms with van der Waals surface area (Å²) in [6.07, 6.45) is 0.481. The molecule has 0 saturated carbocycles. The van der Waals surface area contributed by atoms with Gasteiger partial charge in [-0.15, -0.1) is 10.2 Å². The minimum absolute atomic E-state index is 0.0276. The fourth-order valence-electron chi connectivity index (χ4n) is 3.28. The highest BCUT2D eigenvalue weighted by atomic mass is 35.5. The van der Waals surface area contributed by atoms with Crippen molar-refractivity contribution in [3.05, 3.63) is 29.3 Å². The highest BCUT2D eigenvalue weighted by Crippen LogP contribution is 2.28. The van der Waals surface area contributed by atoms with E-state index in [1.54, 1.807) is 17.0 Å². The maximum Gasteiger partial charge on any atom is 0.233 e. The summed E-state index contributed by atoms with van der Waals surface area (Å²) in [5.41, 5.74) is 0.653. The molecule has 1 aromatic heterocycles. The fourth-order valence-corrected chi connectivity index (χ4v) is 5.97. The van der Waals surface area contributed by atoms with Gasteiger partial charge in [-0.05, 0) is 24.5 Å². The van der Waals surface area contributed by atoms with E-state index in [9.17, 15) is 13.2 Å². The molecular formula is C18H24ClN5O3S2. The lowest BCUT2D eigenvalue weighted by molar-refractivity contribution is -0.130. The second-order valence-electron chi connectivity index (χ2n) is 7.44. The van der Waals surface area contributed by atoms with Crippen molar-refractivity contribution < 1.29 is 13.2 Å². The van der Waals surface area contributed by atoms with Crippen LogP contribution >= 0.6 is 23.4 Å². The minimum Gasteiger partial charge on any atom is -0.338 e. The van der Waals surface area contributed by atoms with Crippen molar-refractivity contribution in [1.82, 2.24) is 19.8 Å². The van der Waals surface area contributed by atoms with E-state index in [0.717, 1.165) is 0 Å².